The molecule has 2 aromatic heterocycles. The van der Waals surface area contributed by atoms with Crippen LogP contribution in [-0.2, 0) is 6.42 Å². The van der Waals surface area contributed by atoms with E-state index in [0.29, 0.717) is 5.92 Å². The zero-order chi connectivity index (χ0) is 14.5. The van der Waals surface area contributed by atoms with E-state index in [2.05, 4.69) is 41.2 Å². The molecule has 0 radical (unpaired) electrons. The molecule has 0 amide bonds. The quantitative estimate of drug-likeness (QED) is 0.718. The summed E-state index contributed by atoms with van der Waals surface area (Å²) in [5, 5.41) is 3.04. The molecule has 2 heterocycles. The summed E-state index contributed by atoms with van der Waals surface area (Å²) in [5.74, 6) is 0.339. The largest absolute Gasteiger partial charge is 0.351 e. The predicted octanol–water partition coefficient (Wildman–Crippen LogP) is 4.21. The molecule has 2 aromatic rings. The Morgan fingerprint density at radius 2 is 2.30 bits per heavy atom. The lowest BCUT2D eigenvalue weighted by Crippen LogP contribution is -2.19. The van der Waals surface area contributed by atoms with Crippen LogP contribution in [0, 0.1) is 0 Å². The van der Waals surface area contributed by atoms with Crippen LogP contribution in [0.25, 0.3) is 0 Å². The van der Waals surface area contributed by atoms with Crippen LogP contribution in [0.15, 0.2) is 17.5 Å². The van der Waals surface area contributed by atoms with Gasteiger partial charge in [0.25, 0.3) is 0 Å². The van der Waals surface area contributed by atoms with Gasteiger partial charge in [0.2, 0.25) is 0 Å². The molecule has 0 spiro atoms. The lowest BCUT2D eigenvalue weighted by atomic mass is 10.0. The van der Waals surface area contributed by atoms with Crippen molar-refractivity contribution in [3.63, 3.8) is 0 Å². The summed E-state index contributed by atoms with van der Waals surface area (Å²) >= 11 is 3.28. The molecule has 0 aliphatic rings. The number of hydrogen-bond acceptors (Lipinski definition) is 5. The van der Waals surface area contributed by atoms with Gasteiger partial charge in [-0.1, -0.05) is 31.3 Å². The number of rotatable bonds is 7. The summed E-state index contributed by atoms with van der Waals surface area (Å²) in [6, 6.07) is 4.23. The summed E-state index contributed by atoms with van der Waals surface area (Å²) < 4.78 is 0. The molecule has 1 atom stereocenters. The van der Waals surface area contributed by atoms with Crippen LogP contribution >= 0.6 is 22.7 Å². The fraction of sp³-hybridized carbons (Fsp3) is 0.467. The lowest BCUT2D eigenvalue weighted by Gasteiger charge is -2.15. The average molecular weight is 308 g/mol. The van der Waals surface area contributed by atoms with Gasteiger partial charge in [0.15, 0.2) is 11.4 Å². The van der Waals surface area contributed by atoms with Crippen molar-refractivity contribution >= 4 is 34.1 Å². The number of thiophene rings is 1. The van der Waals surface area contributed by atoms with E-state index in [9.17, 15) is 4.79 Å². The smallest absolute Gasteiger partial charge is 0.185 e. The van der Waals surface area contributed by atoms with E-state index in [1.54, 1.807) is 11.3 Å². The summed E-state index contributed by atoms with van der Waals surface area (Å²) in [6.45, 7) is 5.17. The molecule has 20 heavy (non-hydrogen) atoms. The van der Waals surface area contributed by atoms with Gasteiger partial charge >= 0.3 is 0 Å². The maximum absolute atomic E-state index is 11.2. The predicted molar refractivity (Wildman–Crippen MR) is 87.5 cm³/mol. The Morgan fingerprint density at radius 3 is 2.90 bits per heavy atom. The first-order valence-corrected chi connectivity index (χ1v) is 8.54. The van der Waals surface area contributed by atoms with E-state index in [4.69, 9.17) is 0 Å². The Morgan fingerprint density at radius 1 is 1.50 bits per heavy atom. The molecule has 5 heteroatoms. The normalized spacial score (nSPS) is 12.3. The monoisotopic (exact) mass is 308 g/mol. The number of aldehydes is 1. The Hall–Kier alpha value is -1.20. The van der Waals surface area contributed by atoms with Crippen molar-refractivity contribution in [1.29, 1.82) is 0 Å². The van der Waals surface area contributed by atoms with E-state index in [-0.39, 0.29) is 0 Å². The third kappa shape index (κ3) is 3.46. The van der Waals surface area contributed by atoms with Crippen molar-refractivity contribution in [1.82, 2.24) is 4.98 Å². The van der Waals surface area contributed by atoms with Gasteiger partial charge in [0, 0.05) is 18.5 Å². The summed E-state index contributed by atoms with van der Waals surface area (Å²) in [6.07, 6.45) is 2.96. The van der Waals surface area contributed by atoms with Gasteiger partial charge in [0.1, 0.15) is 0 Å². The number of likely N-dealkylation sites (N-methyl/N-ethyl adjacent to an activating group) is 1. The molecule has 0 aromatic carbocycles. The van der Waals surface area contributed by atoms with Crippen LogP contribution in [0.5, 0.6) is 0 Å². The molecule has 1 unspecified atom stereocenters. The molecule has 3 nitrogen and oxygen atoms in total. The van der Waals surface area contributed by atoms with E-state index in [0.717, 1.165) is 41.4 Å². The van der Waals surface area contributed by atoms with E-state index in [1.165, 1.54) is 16.2 Å². The van der Waals surface area contributed by atoms with Crippen molar-refractivity contribution in [3.8, 4) is 0 Å². The molecule has 0 fully saturated rings. The van der Waals surface area contributed by atoms with Gasteiger partial charge in [0.05, 0.1) is 10.6 Å². The van der Waals surface area contributed by atoms with Crippen LogP contribution in [0.1, 0.15) is 46.4 Å². The van der Waals surface area contributed by atoms with Gasteiger partial charge in [-0.15, -0.1) is 11.3 Å². The van der Waals surface area contributed by atoms with Crippen molar-refractivity contribution in [3.05, 3.63) is 33.0 Å². The molecule has 0 bridgehead atoms. The molecule has 0 saturated heterocycles. The SMILES string of the molecule is CCC(C)c1nc(N(C)CCc2cccs2)sc1C=O. The zero-order valence-corrected chi connectivity index (χ0v) is 13.8. The van der Waals surface area contributed by atoms with Gasteiger partial charge < -0.3 is 4.90 Å². The molecule has 2 rings (SSSR count). The van der Waals surface area contributed by atoms with Gasteiger partial charge in [-0.3, -0.25) is 4.79 Å². The molecule has 0 saturated carbocycles. The van der Waals surface area contributed by atoms with E-state index >= 15 is 0 Å². The second kappa shape index (κ2) is 6.99. The number of hydrogen-bond donors (Lipinski definition) is 0. The summed E-state index contributed by atoms with van der Waals surface area (Å²) in [4.78, 5) is 20.1. The topological polar surface area (TPSA) is 33.2 Å². The highest BCUT2D eigenvalue weighted by molar-refractivity contribution is 7.17. The van der Waals surface area contributed by atoms with Crippen LogP contribution in [0.2, 0.25) is 0 Å². The third-order valence-electron chi connectivity index (χ3n) is 3.46. The van der Waals surface area contributed by atoms with Gasteiger partial charge in [-0.25, -0.2) is 4.98 Å². The van der Waals surface area contributed by atoms with Crippen molar-refractivity contribution in [2.24, 2.45) is 0 Å². The highest BCUT2D eigenvalue weighted by Crippen LogP contribution is 2.30. The first kappa shape index (κ1) is 15.2. The standard InChI is InChI=1S/C15H20N2OS2/c1-4-11(2)14-13(10-18)20-15(16-14)17(3)8-7-12-6-5-9-19-12/h5-6,9-11H,4,7-8H2,1-3H3. The lowest BCUT2D eigenvalue weighted by molar-refractivity contribution is 0.112. The van der Waals surface area contributed by atoms with Crippen LogP contribution in [0.3, 0.4) is 0 Å². The summed E-state index contributed by atoms with van der Waals surface area (Å²) in [7, 11) is 2.04. The fourth-order valence-corrected chi connectivity index (χ4v) is 3.64. The minimum absolute atomic E-state index is 0.339. The molecule has 0 N–H and O–H groups in total. The Balaban J connectivity index is 2.07. The highest BCUT2D eigenvalue weighted by atomic mass is 32.1. The Labute approximate surface area is 128 Å². The van der Waals surface area contributed by atoms with Crippen molar-refractivity contribution in [2.75, 3.05) is 18.5 Å². The molecular formula is C15H20N2OS2. The van der Waals surface area contributed by atoms with Crippen molar-refractivity contribution in [2.45, 2.75) is 32.6 Å². The van der Waals surface area contributed by atoms with Gasteiger partial charge in [-0.05, 0) is 30.2 Å². The minimum atomic E-state index is 0.339. The Bertz CT molecular complexity index is 548. The van der Waals surface area contributed by atoms with Crippen LogP contribution in [-0.4, -0.2) is 24.9 Å². The number of anilines is 1. The first-order chi connectivity index (χ1) is 9.65. The number of carbonyl (C=O) groups excluding carboxylic acids is 1. The van der Waals surface area contributed by atoms with Crippen LogP contribution in [0.4, 0.5) is 5.13 Å². The average Bonchev–Trinajstić information content (AvgIpc) is 3.12. The first-order valence-electron chi connectivity index (χ1n) is 6.85. The van der Waals surface area contributed by atoms with Crippen molar-refractivity contribution < 1.29 is 4.79 Å². The molecule has 0 aliphatic heterocycles. The molecule has 0 aliphatic carbocycles. The maximum Gasteiger partial charge on any atom is 0.185 e. The molecule has 108 valence electrons. The minimum Gasteiger partial charge on any atom is -0.351 e. The number of aromatic nitrogens is 1. The van der Waals surface area contributed by atoms with Gasteiger partial charge in [-0.2, -0.15) is 0 Å². The van der Waals surface area contributed by atoms with E-state index < -0.39 is 0 Å². The van der Waals surface area contributed by atoms with Crippen LogP contribution < -0.4 is 4.90 Å². The van der Waals surface area contributed by atoms with E-state index in [1.807, 2.05) is 7.05 Å². The molecular weight excluding hydrogens is 288 g/mol. The number of nitrogens with zero attached hydrogens (tertiary/aromatic N) is 2. The number of thiazole rings is 1. The Kier molecular flexibility index (Phi) is 5.31. The second-order valence-electron chi connectivity index (χ2n) is 4.92. The summed E-state index contributed by atoms with van der Waals surface area (Å²) in [5.41, 5.74) is 0.950. The second-order valence-corrected chi connectivity index (χ2v) is 6.97. The fourth-order valence-electron chi connectivity index (χ4n) is 1.95. The maximum atomic E-state index is 11.2. The highest BCUT2D eigenvalue weighted by Gasteiger charge is 2.17. The third-order valence-corrected chi connectivity index (χ3v) is 5.50. The number of carbonyl (C=O) groups is 1. The zero-order valence-electron chi connectivity index (χ0n) is 12.1.